The minimum Gasteiger partial charge on any atom is -0.480 e. The number of carboxylic acids is 1. The molecule has 1 aromatic carbocycles. The van der Waals surface area contributed by atoms with Crippen molar-refractivity contribution in [3.05, 3.63) is 35.9 Å². The second kappa shape index (κ2) is 15.3. The van der Waals surface area contributed by atoms with Gasteiger partial charge in [0.1, 0.15) is 18.1 Å². The molecule has 34 heavy (non-hydrogen) atoms. The fourth-order valence-corrected chi connectivity index (χ4v) is 3.26. The van der Waals surface area contributed by atoms with Crippen LogP contribution >= 0.6 is 12.6 Å². The van der Waals surface area contributed by atoms with Gasteiger partial charge in [0.25, 0.3) is 0 Å². The maximum atomic E-state index is 13.0. The lowest BCUT2D eigenvalue weighted by Gasteiger charge is -2.26. The first-order chi connectivity index (χ1) is 16.1. The molecule has 5 unspecified atom stereocenters. The van der Waals surface area contributed by atoms with Gasteiger partial charge in [0.05, 0.1) is 12.1 Å². The Labute approximate surface area is 204 Å². The largest absolute Gasteiger partial charge is 0.480 e. The first kappa shape index (κ1) is 29.4. The van der Waals surface area contributed by atoms with Crippen molar-refractivity contribution in [3.63, 3.8) is 0 Å². The minimum absolute atomic E-state index is 0.0275. The van der Waals surface area contributed by atoms with Crippen LogP contribution in [-0.4, -0.2) is 76.5 Å². The molecule has 0 saturated carbocycles. The molecule has 0 heterocycles. The molecule has 9 N–H and O–H groups in total. The van der Waals surface area contributed by atoms with Crippen LogP contribution in [0.3, 0.4) is 0 Å². The lowest BCUT2D eigenvalue weighted by molar-refractivity contribution is -0.142. The fourth-order valence-electron chi connectivity index (χ4n) is 3.09. The Balaban J connectivity index is 3.05. The zero-order valence-electron chi connectivity index (χ0n) is 19.1. The number of carboxylic acid groups (broad SMARTS) is 1. The molecule has 0 bridgehead atoms. The number of aliphatic hydroxyl groups is 1. The van der Waals surface area contributed by atoms with Crippen LogP contribution < -0.4 is 27.4 Å². The Bertz CT molecular complexity index is 810. The quantitative estimate of drug-likeness (QED) is 0.106. The topological polar surface area (TPSA) is 197 Å². The Hall–Kier alpha value is -2.67. The van der Waals surface area contributed by atoms with Crippen molar-refractivity contribution in [1.82, 2.24) is 16.0 Å². The summed E-state index contributed by atoms with van der Waals surface area (Å²) in [5.41, 5.74) is 11.8. The van der Waals surface area contributed by atoms with E-state index in [4.69, 9.17) is 11.5 Å². The molecule has 0 fully saturated rings. The number of carbonyl (C=O) groups excluding carboxylic acids is 3. The number of carbonyl (C=O) groups is 4. The molecule has 1 aromatic rings. The van der Waals surface area contributed by atoms with Crippen LogP contribution in [0.4, 0.5) is 0 Å². The third kappa shape index (κ3) is 10.1. The standard InChI is InChI=1S/C22H35N5O6S/c1-13(28)18(27-19(29)15(24)12-34)21(31)26-17(11-14-7-3-2-4-8-14)20(30)25-16(22(32)33)9-5-6-10-23/h2-4,7-8,13,15-18,28,34H,5-6,9-12,23-24H2,1H3,(H,25,30)(H,26,31)(H,27,29)(H,32,33). The molecule has 0 aromatic heterocycles. The molecule has 0 saturated heterocycles. The van der Waals surface area contributed by atoms with Crippen molar-refractivity contribution in [2.75, 3.05) is 12.3 Å². The number of nitrogens with two attached hydrogens (primary N) is 2. The molecular weight excluding hydrogens is 462 g/mol. The summed E-state index contributed by atoms with van der Waals surface area (Å²) in [6.45, 7) is 1.71. The highest BCUT2D eigenvalue weighted by Crippen LogP contribution is 2.07. The molecule has 0 spiro atoms. The molecule has 0 aliphatic rings. The van der Waals surface area contributed by atoms with Gasteiger partial charge < -0.3 is 37.6 Å². The maximum absolute atomic E-state index is 13.0. The highest BCUT2D eigenvalue weighted by molar-refractivity contribution is 7.80. The highest BCUT2D eigenvalue weighted by atomic mass is 32.1. The van der Waals surface area contributed by atoms with Crippen molar-refractivity contribution >= 4 is 36.3 Å². The SMILES string of the molecule is CC(O)C(NC(=O)C(N)CS)C(=O)NC(Cc1ccccc1)C(=O)NC(CCCCN)C(=O)O. The van der Waals surface area contributed by atoms with E-state index in [1.165, 1.54) is 6.92 Å². The van der Waals surface area contributed by atoms with E-state index in [0.29, 0.717) is 24.9 Å². The van der Waals surface area contributed by atoms with Gasteiger partial charge in [-0.25, -0.2) is 4.79 Å². The average Bonchev–Trinajstić information content (AvgIpc) is 2.80. The van der Waals surface area contributed by atoms with Gasteiger partial charge in [0, 0.05) is 12.2 Å². The van der Waals surface area contributed by atoms with Crippen LogP contribution in [0, 0.1) is 0 Å². The maximum Gasteiger partial charge on any atom is 0.326 e. The molecule has 0 aliphatic heterocycles. The van der Waals surface area contributed by atoms with Gasteiger partial charge in [0.2, 0.25) is 17.7 Å². The second-order valence-electron chi connectivity index (χ2n) is 7.95. The summed E-state index contributed by atoms with van der Waals surface area (Å²) >= 11 is 3.94. The summed E-state index contributed by atoms with van der Waals surface area (Å²) < 4.78 is 0. The first-order valence-electron chi connectivity index (χ1n) is 11.0. The number of rotatable bonds is 15. The molecule has 3 amide bonds. The molecular formula is C22H35N5O6S. The van der Waals surface area contributed by atoms with Crippen molar-refractivity contribution in [3.8, 4) is 0 Å². The number of amides is 3. The summed E-state index contributed by atoms with van der Waals surface area (Å²) in [5, 5.41) is 26.9. The minimum atomic E-state index is -1.38. The number of aliphatic carboxylic acids is 1. The smallest absolute Gasteiger partial charge is 0.326 e. The summed E-state index contributed by atoms with van der Waals surface area (Å²) in [5.74, 6) is -3.39. The number of unbranched alkanes of at least 4 members (excludes halogenated alkanes) is 1. The number of hydrogen-bond acceptors (Lipinski definition) is 8. The number of aliphatic hydroxyl groups excluding tert-OH is 1. The summed E-state index contributed by atoms with van der Waals surface area (Å²) in [6, 6.07) is 4.11. The van der Waals surface area contributed by atoms with Gasteiger partial charge in [-0.05, 0) is 38.3 Å². The van der Waals surface area contributed by atoms with Crippen LogP contribution in [0.25, 0.3) is 0 Å². The number of hydrogen-bond donors (Lipinski definition) is 8. The zero-order valence-corrected chi connectivity index (χ0v) is 20.0. The average molecular weight is 498 g/mol. The van der Waals surface area contributed by atoms with Crippen LogP contribution in [0.5, 0.6) is 0 Å². The van der Waals surface area contributed by atoms with E-state index in [-0.39, 0.29) is 18.6 Å². The Morgan fingerprint density at radius 3 is 2.12 bits per heavy atom. The molecule has 12 heteroatoms. The van der Waals surface area contributed by atoms with Crippen LogP contribution in [0.15, 0.2) is 30.3 Å². The van der Waals surface area contributed by atoms with E-state index in [1.807, 2.05) is 0 Å². The third-order valence-electron chi connectivity index (χ3n) is 5.07. The van der Waals surface area contributed by atoms with Crippen molar-refractivity contribution in [2.24, 2.45) is 11.5 Å². The molecule has 0 aliphatic carbocycles. The van der Waals surface area contributed by atoms with Crippen LogP contribution in [0.2, 0.25) is 0 Å². The monoisotopic (exact) mass is 497 g/mol. The predicted octanol–water partition coefficient (Wildman–Crippen LogP) is -1.46. The number of benzene rings is 1. The van der Waals surface area contributed by atoms with E-state index in [0.717, 1.165) is 0 Å². The first-order valence-corrected chi connectivity index (χ1v) is 11.7. The van der Waals surface area contributed by atoms with Crippen LogP contribution in [-0.2, 0) is 25.6 Å². The summed E-state index contributed by atoms with van der Waals surface area (Å²) in [4.78, 5) is 49.6. The molecule has 5 atom stereocenters. The van der Waals surface area contributed by atoms with Crippen LogP contribution in [0.1, 0.15) is 31.7 Å². The van der Waals surface area contributed by atoms with E-state index < -0.39 is 54.0 Å². The van der Waals surface area contributed by atoms with Gasteiger partial charge in [-0.1, -0.05) is 30.3 Å². The molecule has 0 radical (unpaired) electrons. The summed E-state index contributed by atoms with van der Waals surface area (Å²) in [6.07, 6.45) is 0.0566. The van der Waals surface area contributed by atoms with Gasteiger partial charge in [-0.15, -0.1) is 0 Å². The third-order valence-corrected chi connectivity index (χ3v) is 5.47. The molecule has 11 nitrogen and oxygen atoms in total. The van der Waals surface area contributed by atoms with E-state index in [2.05, 4.69) is 28.6 Å². The van der Waals surface area contributed by atoms with Gasteiger partial charge in [0.15, 0.2) is 0 Å². The summed E-state index contributed by atoms with van der Waals surface area (Å²) in [7, 11) is 0. The van der Waals surface area contributed by atoms with Crippen molar-refractivity contribution in [1.29, 1.82) is 0 Å². The van der Waals surface area contributed by atoms with Gasteiger partial charge in [-0.3, -0.25) is 14.4 Å². The zero-order chi connectivity index (χ0) is 25.7. The van der Waals surface area contributed by atoms with E-state index >= 15 is 0 Å². The lowest BCUT2D eigenvalue weighted by atomic mass is 10.0. The second-order valence-corrected chi connectivity index (χ2v) is 8.32. The van der Waals surface area contributed by atoms with E-state index in [1.54, 1.807) is 30.3 Å². The molecule has 1 rings (SSSR count). The number of thiol groups is 1. The fraction of sp³-hybridized carbons (Fsp3) is 0.545. The molecule has 190 valence electrons. The predicted molar refractivity (Wildman–Crippen MR) is 130 cm³/mol. The Morgan fingerprint density at radius 2 is 1.59 bits per heavy atom. The normalized spacial score (nSPS) is 15.3. The Morgan fingerprint density at radius 1 is 0.971 bits per heavy atom. The highest BCUT2D eigenvalue weighted by Gasteiger charge is 2.32. The number of nitrogens with one attached hydrogen (secondary N) is 3. The van der Waals surface area contributed by atoms with Crippen molar-refractivity contribution in [2.45, 2.75) is 62.9 Å². The lowest BCUT2D eigenvalue weighted by Crippen LogP contribution is -2.60. The van der Waals surface area contributed by atoms with Crippen molar-refractivity contribution < 1.29 is 29.4 Å². The van der Waals surface area contributed by atoms with Gasteiger partial charge in [-0.2, -0.15) is 12.6 Å². The van der Waals surface area contributed by atoms with Gasteiger partial charge >= 0.3 is 5.97 Å². The Kier molecular flexibility index (Phi) is 13.2. The van der Waals surface area contributed by atoms with E-state index in [9.17, 15) is 29.4 Å².